The van der Waals surface area contributed by atoms with Crippen LogP contribution in [0.15, 0.2) is 37.0 Å². The van der Waals surface area contributed by atoms with Crippen molar-refractivity contribution in [1.82, 2.24) is 0 Å². The van der Waals surface area contributed by atoms with Gasteiger partial charge in [-0.2, -0.15) is 0 Å². The SMILES string of the molecule is C=CC(C)(O)CC[C@@H]1C(=C)CC[C@H](Br)[C@@]1(C)CCC(O)C(=C)C. The molecule has 0 bridgehead atoms. The molecule has 1 rings (SSSR count). The molecule has 5 atom stereocenters. The third-order valence-electron chi connectivity index (χ3n) is 5.63. The first-order valence-corrected chi connectivity index (χ1v) is 9.46. The number of hydrogen-bond acceptors (Lipinski definition) is 2. The van der Waals surface area contributed by atoms with E-state index in [2.05, 4.69) is 42.6 Å². The first-order chi connectivity index (χ1) is 10.5. The highest BCUT2D eigenvalue weighted by molar-refractivity contribution is 9.09. The molecule has 1 saturated carbocycles. The molecule has 0 aromatic rings. The van der Waals surface area contributed by atoms with Crippen molar-refractivity contribution >= 4 is 15.9 Å². The molecule has 3 heteroatoms. The fraction of sp³-hybridized carbons (Fsp3) is 0.700. The van der Waals surface area contributed by atoms with Gasteiger partial charge in [-0.15, -0.1) is 6.58 Å². The topological polar surface area (TPSA) is 40.5 Å². The molecule has 1 aliphatic rings. The summed E-state index contributed by atoms with van der Waals surface area (Å²) in [6.07, 6.45) is 6.47. The Kier molecular flexibility index (Phi) is 7.31. The molecule has 0 aromatic carbocycles. The lowest BCUT2D eigenvalue weighted by Crippen LogP contribution is -2.42. The lowest BCUT2D eigenvalue weighted by molar-refractivity contribution is 0.0688. The van der Waals surface area contributed by atoms with Crippen LogP contribution in [0.2, 0.25) is 0 Å². The smallest absolute Gasteiger partial charge is 0.0797 e. The Balaban J connectivity index is 2.89. The third kappa shape index (κ3) is 5.30. The molecule has 0 aliphatic heterocycles. The van der Waals surface area contributed by atoms with Gasteiger partial charge >= 0.3 is 0 Å². The summed E-state index contributed by atoms with van der Waals surface area (Å²) in [5.41, 5.74) is 1.29. The molecule has 2 N–H and O–H groups in total. The van der Waals surface area contributed by atoms with Crippen LogP contribution >= 0.6 is 15.9 Å². The van der Waals surface area contributed by atoms with Crippen LogP contribution in [0.25, 0.3) is 0 Å². The van der Waals surface area contributed by atoms with Gasteiger partial charge in [0.25, 0.3) is 0 Å². The van der Waals surface area contributed by atoms with Crippen molar-refractivity contribution < 1.29 is 10.2 Å². The van der Waals surface area contributed by atoms with Crippen molar-refractivity contribution in [2.24, 2.45) is 11.3 Å². The van der Waals surface area contributed by atoms with Crippen LogP contribution in [-0.2, 0) is 0 Å². The van der Waals surface area contributed by atoms with E-state index in [9.17, 15) is 10.2 Å². The fourth-order valence-corrected chi connectivity index (χ4v) is 4.38. The van der Waals surface area contributed by atoms with Crippen molar-refractivity contribution in [2.75, 3.05) is 0 Å². The van der Waals surface area contributed by atoms with E-state index in [4.69, 9.17) is 0 Å². The van der Waals surface area contributed by atoms with E-state index in [0.29, 0.717) is 17.2 Å². The molecule has 2 nitrogen and oxygen atoms in total. The van der Waals surface area contributed by atoms with Crippen LogP contribution in [0.3, 0.4) is 0 Å². The lowest BCUT2D eigenvalue weighted by atomic mass is 9.61. The van der Waals surface area contributed by atoms with E-state index in [1.54, 1.807) is 13.0 Å². The van der Waals surface area contributed by atoms with Gasteiger partial charge in [-0.05, 0) is 63.7 Å². The van der Waals surface area contributed by atoms with Crippen LogP contribution in [0.4, 0.5) is 0 Å². The Morgan fingerprint density at radius 2 is 2.17 bits per heavy atom. The second kappa shape index (κ2) is 8.13. The zero-order chi connectivity index (χ0) is 17.8. The molecule has 0 saturated heterocycles. The third-order valence-corrected chi connectivity index (χ3v) is 7.13. The lowest BCUT2D eigenvalue weighted by Gasteiger charge is -2.48. The number of allylic oxidation sites excluding steroid dienone is 1. The Hall–Kier alpha value is -0.380. The molecule has 0 amide bonds. The molecule has 23 heavy (non-hydrogen) atoms. The Morgan fingerprint density at radius 1 is 1.57 bits per heavy atom. The normalized spacial score (nSPS) is 32.2. The highest BCUT2D eigenvalue weighted by Gasteiger charge is 2.44. The standard InChI is InChI=1S/C20H33BrO2/c1-7-19(5,23)12-10-16-15(4)8-9-18(21)20(16,6)13-11-17(22)14(2)3/h7,16-18,22-23H,1-2,4,8-13H2,3,5-6H3/t16-,17?,18+,19?,20+/m1/s1. The maximum atomic E-state index is 10.3. The summed E-state index contributed by atoms with van der Waals surface area (Å²) in [4.78, 5) is 0.400. The van der Waals surface area contributed by atoms with Gasteiger partial charge in [0, 0.05) is 4.83 Å². The van der Waals surface area contributed by atoms with E-state index < -0.39 is 11.7 Å². The second-order valence-corrected chi connectivity index (χ2v) is 8.83. The summed E-state index contributed by atoms with van der Waals surface area (Å²) >= 11 is 3.88. The second-order valence-electron chi connectivity index (χ2n) is 7.72. The van der Waals surface area contributed by atoms with Crippen molar-refractivity contribution in [3.05, 3.63) is 37.0 Å². The van der Waals surface area contributed by atoms with Gasteiger partial charge < -0.3 is 10.2 Å². The molecular weight excluding hydrogens is 352 g/mol. The zero-order valence-electron chi connectivity index (χ0n) is 14.9. The van der Waals surface area contributed by atoms with Crippen molar-refractivity contribution in [3.63, 3.8) is 0 Å². The summed E-state index contributed by atoms with van der Waals surface area (Å²) in [7, 11) is 0. The first-order valence-electron chi connectivity index (χ1n) is 8.54. The quantitative estimate of drug-likeness (QED) is 0.448. The molecule has 0 spiro atoms. The van der Waals surface area contributed by atoms with Crippen molar-refractivity contribution in [3.8, 4) is 0 Å². The molecule has 0 aromatic heterocycles. The van der Waals surface area contributed by atoms with Gasteiger partial charge in [-0.3, -0.25) is 0 Å². The van der Waals surface area contributed by atoms with Crippen LogP contribution in [0.1, 0.15) is 59.3 Å². The van der Waals surface area contributed by atoms with Gasteiger partial charge in [-0.1, -0.05) is 53.2 Å². The molecule has 0 radical (unpaired) electrons. The molecule has 2 unspecified atom stereocenters. The monoisotopic (exact) mass is 384 g/mol. The summed E-state index contributed by atoms with van der Waals surface area (Å²) in [6, 6.07) is 0. The molecule has 132 valence electrons. The van der Waals surface area contributed by atoms with Gasteiger partial charge in [0.15, 0.2) is 0 Å². The Labute approximate surface area is 150 Å². The van der Waals surface area contributed by atoms with Crippen molar-refractivity contribution in [1.29, 1.82) is 0 Å². The largest absolute Gasteiger partial charge is 0.389 e. The van der Waals surface area contributed by atoms with E-state index in [1.807, 2.05) is 6.92 Å². The number of alkyl halides is 1. The van der Waals surface area contributed by atoms with Crippen LogP contribution in [0.5, 0.6) is 0 Å². The van der Waals surface area contributed by atoms with Gasteiger partial charge in [-0.25, -0.2) is 0 Å². The fourth-order valence-electron chi connectivity index (χ4n) is 3.60. The van der Waals surface area contributed by atoms with Crippen LogP contribution < -0.4 is 0 Å². The number of aliphatic hydroxyl groups is 2. The summed E-state index contributed by atoms with van der Waals surface area (Å²) in [6.45, 7) is 17.8. The van der Waals surface area contributed by atoms with Gasteiger partial charge in [0.2, 0.25) is 0 Å². The average molecular weight is 385 g/mol. The average Bonchev–Trinajstić information content (AvgIpc) is 2.48. The van der Waals surface area contributed by atoms with E-state index in [-0.39, 0.29) is 5.41 Å². The van der Waals surface area contributed by atoms with Crippen LogP contribution in [-0.4, -0.2) is 26.7 Å². The number of rotatable bonds is 8. The summed E-state index contributed by atoms with van der Waals surface area (Å²) in [5, 5.41) is 20.4. The van der Waals surface area contributed by atoms with Crippen molar-refractivity contribution in [2.45, 2.75) is 75.8 Å². The van der Waals surface area contributed by atoms with E-state index in [0.717, 1.165) is 37.7 Å². The predicted octanol–water partition coefficient (Wildman–Crippen LogP) is 5.16. The van der Waals surface area contributed by atoms with E-state index in [1.165, 1.54) is 5.57 Å². The molecular formula is C20H33BrO2. The number of aliphatic hydroxyl groups excluding tert-OH is 1. The van der Waals surface area contributed by atoms with E-state index >= 15 is 0 Å². The first kappa shape index (κ1) is 20.7. The molecule has 1 aliphatic carbocycles. The van der Waals surface area contributed by atoms with Crippen LogP contribution in [0, 0.1) is 11.3 Å². The minimum absolute atomic E-state index is 0.0308. The summed E-state index contributed by atoms with van der Waals surface area (Å²) < 4.78 is 0. The number of hydrogen-bond donors (Lipinski definition) is 2. The minimum Gasteiger partial charge on any atom is -0.389 e. The highest BCUT2D eigenvalue weighted by Crippen LogP contribution is 2.52. The van der Waals surface area contributed by atoms with Gasteiger partial charge in [0.1, 0.15) is 0 Å². The molecule has 0 heterocycles. The predicted molar refractivity (Wildman–Crippen MR) is 103 cm³/mol. The molecule has 1 fully saturated rings. The Bertz CT molecular complexity index is 455. The van der Waals surface area contributed by atoms with Gasteiger partial charge in [0.05, 0.1) is 11.7 Å². The maximum Gasteiger partial charge on any atom is 0.0797 e. The Morgan fingerprint density at radius 3 is 2.70 bits per heavy atom. The summed E-state index contributed by atoms with van der Waals surface area (Å²) in [5.74, 6) is 0.337. The zero-order valence-corrected chi connectivity index (χ0v) is 16.5. The highest BCUT2D eigenvalue weighted by atomic mass is 79.9. The maximum absolute atomic E-state index is 10.3. The number of halogens is 1. The minimum atomic E-state index is -0.836.